The number of phenolic OH excluding ortho intramolecular Hbond substituents is 1. The molecule has 2 aliphatic rings. The van der Waals surface area contributed by atoms with Crippen molar-refractivity contribution in [3.8, 4) is 5.75 Å². The Hall–Kier alpha value is -3.52. The largest absolute Gasteiger partial charge is 0.508 e. The molecule has 0 bridgehead atoms. The molecule has 0 spiro atoms. The Bertz CT molecular complexity index is 1180. The second-order valence-electron chi connectivity index (χ2n) is 8.81. The number of nitrogens with zero attached hydrogens (tertiary/aromatic N) is 4. The number of nitrogens with one attached hydrogen (secondary N) is 1. The molecule has 1 fully saturated rings. The molecule has 33 heavy (non-hydrogen) atoms. The Morgan fingerprint density at radius 3 is 2.52 bits per heavy atom. The summed E-state index contributed by atoms with van der Waals surface area (Å²) >= 11 is 0. The predicted molar refractivity (Wildman–Crippen MR) is 123 cm³/mol. The number of rotatable bonds is 4. The van der Waals surface area contributed by atoms with Crippen LogP contribution in [0.25, 0.3) is 0 Å². The Balaban J connectivity index is 1.24. The van der Waals surface area contributed by atoms with Crippen molar-refractivity contribution in [2.75, 3.05) is 19.6 Å². The number of H-pyrrole nitrogens is 1. The third-order valence-corrected chi connectivity index (χ3v) is 6.60. The van der Waals surface area contributed by atoms with E-state index in [2.05, 4.69) is 14.9 Å². The molecule has 0 saturated carbocycles. The van der Waals surface area contributed by atoms with Gasteiger partial charge in [-0.1, -0.05) is 12.1 Å². The summed E-state index contributed by atoms with van der Waals surface area (Å²) in [6.07, 6.45) is 5.57. The smallest absolute Gasteiger partial charge is 0.255 e. The Morgan fingerprint density at radius 1 is 1.06 bits per heavy atom. The molecule has 8 nitrogen and oxygen atoms in total. The van der Waals surface area contributed by atoms with Gasteiger partial charge in [-0.15, -0.1) is 0 Å². The zero-order chi connectivity index (χ0) is 22.8. The molecular weight excluding hydrogens is 418 g/mol. The van der Waals surface area contributed by atoms with Crippen molar-refractivity contribution < 1.29 is 9.90 Å². The number of likely N-dealkylation sites (tertiary alicyclic amines) is 1. The Labute approximate surface area is 191 Å². The maximum absolute atomic E-state index is 12.9. The van der Waals surface area contributed by atoms with Gasteiger partial charge in [-0.25, -0.2) is 4.98 Å². The average Bonchev–Trinajstić information content (AvgIpc) is 2.86. The zero-order valence-electron chi connectivity index (χ0n) is 18.4. The van der Waals surface area contributed by atoms with Crippen LogP contribution in [0.5, 0.6) is 5.75 Å². The Kier molecular flexibility index (Phi) is 5.92. The number of carbonyl (C=O) groups excluding carboxylic acids is 1. The summed E-state index contributed by atoms with van der Waals surface area (Å²) in [7, 11) is 0. The van der Waals surface area contributed by atoms with E-state index in [1.165, 1.54) is 0 Å². The molecule has 1 aromatic carbocycles. The lowest BCUT2D eigenvalue weighted by Crippen LogP contribution is -2.39. The topological polar surface area (TPSA) is 102 Å². The van der Waals surface area contributed by atoms with Crippen LogP contribution in [0.2, 0.25) is 0 Å². The predicted octanol–water partition coefficient (Wildman–Crippen LogP) is 2.45. The van der Waals surface area contributed by atoms with E-state index in [9.17, 15) is 14.7 Å². The van der Waals surface area contributed by atoms with Crippen LogP contribution in [-0.4, -0.2) is 55.4 Å². The molecule has 2 aliphatic heterocycles. The van der Waals surface area contributed by atoms with Crippen molar-refractivity contribution in [1.29, 1.82) is 0 Å². The molecule has 4 heterocycles. The van der Waals surface area contributed by atoms with Crippen LogP contribution in [0.3, 0.4) is 0 Å². The number of aromatic hydroxyl groups is 1. The minimum absolute atomic E-state index is 0.0245. The van der Waals surface area contributed by atoms with Crippen LogP contribution in [0.15, 0.2) is 53.6 Å². The van der Waals surface area contributed by atoms with Gasteiger partial charge >= 0.3 is 0 Å². The number of piperidine rings is 1. The molecule has 0 atom stereocenters. The van der Waals surface area contributed by atoms with Crippen molar-refractivity contribution in [3.63, 3.8) is 0 Å². The fourth-order valence-electron chi connectivity index (χ4n) is 4.72. The van der Waals surface area contributed by atoms with Crippen molar-refractivity contribution >= 4 is 5.91 Å². The molecule has 0 unspecified atom stereocenters. The molecule has 8 heteroatoms. The van der Waals surface area contributed by atoms with Gasteiger partial charge in [0.1, 0.15) is 11.6 Å². The molecule has 3 aromatic rings. The number of pyridine rings is 1. The van der Waals surface area contributed by atoms with E-state index in [4.69, 9.17) is 4.98 Å². The lowest BCUT2D eigenvalue weighted by Gasteiger charge is -2.32. The van der Waals surface area contributed by atoms with E-state index in [1.807, 2.05) is 17.0 Å². The highest BCUT2D eigenvalue weighted by Crippen LogP contribution is 2.27. The second-order valence-corrected chi connectivity index (χ2v) is 8.81. The first-order chi connectivity index (χ1) is 16.1. The van der Waals surface area contributed by atoms with Gasteiger partial charge in [-0.05, 0) is 42.7 Å². The lowest BCUT2D eigenvalue weighted by atomic mass is 9.94. The number of amides is 1. The standard InChI is InChI=1S/C25H27N5O3/c31-20-3-1-17(2-4-20)15-29-12-9-22-21(16-29)24(32)28-23(27-22)18-7-13-30(14-8-18)25(33)19-5-10-26-11-6-19/h1-6,10-11,18,31H,7-9,12-16H2,(H,27,28,32). The van der Waals surface area contributed by atoms with E-state index in [1.54, 1.807) is 36.7 Å². The van der Waals surface area contributed by atoms with Crippen molar-refractivity contribution in [2.24, 2.45) is 0 Å². The third kappa shape index (κ3) is 4.66. The summed E-state index contributed by atoms with van der Waals surface area (Å²) in [6.45, 7) is 3.42. The molecule has 0 aliphatic carbocycles. The van der Waals surface area contributed by atoms with Crippen LogP contribution in [0, 0.1) is 0 Å². The van der Waals surface area contributed by atoms with E-state index < -0.39 is 0 Å². The highest BCUT2D eigenvalue weighted by molar-refractivity contribution is 5.94. The first-order valence-corrected chi connectivity index (χ1v) is 11.4. The van der Waals surface area contributed by atoms with Crippen LogP contribution in [0.1, 0.15) is 51.8 Å². The maximum Gasteiger partial charge on any atom is 0.255 e. The number of fused-ring (bicyclic) bond motifs is 1. The van der Waals surface area contributed by atoms with Gasteiger partial charge in [0.25, 0.3) is 11.5 Å². The molecule has 2 aromatic heterocycles. The second kappa shape index (κ2) is 9.15. The summed E-state index contributed by atoms with van der Waals surface area (Å²) < 4.78 is 0. The summed E-state index contributed by atoms with van der Waals surface area (Å²) in [4.78, 5) is 41.5. The summed E-state index contributed by atoms with van der Waals surface area (Å²) in [5.41, 5.74) is 3.34. The molecule has 1 amide bonds. The number of carbonyl (C=O) groups is 1. The van der Waals surface area contributed by atoms with Crippen molar-refractivity contribution in [3.05, 3.63) is 87.4 Å². The zero-order valence-corrected chi connectivity index (χ0v) is 18.4. The normalized spacial score (nSPS) is 17.0. The molecular formula is C25H27N5O3. The van der Waals surface area contributed by atoms with E-state index >= 15 is 0 Å². The number of hydrogen-bond acceptors (Lipinski definition) is 6. The minimum atomic E-state index is -0.0549. The van der Waals surface area contributed by atoms with Crippen molar-refractivity contribution in [1.82, 2.24) is 24.8 Å². The maximum atomic E-state index is 12.9. The summed E-state index contributed by atoms with van der Waals surface area (Å²) in [5.74, 6) is 1.18. The Morgan fingerprint density at radius 2 is 1.79 bits per heavy atom. The first-order valence-electron chi connectivity index (χ1n) is 11.4. The van der Waals surface area contributed by atoms with E-state index in [0.717, 1.165) is 55.0 Å². The summed E-state index contributed by atoms with van der Waals surface area (Å²) in [6, 6.07) is 10.7. The van der Waals surface area contributed by atoms with Gasteiger partial charge in [-0.2, -0.15) is 0 Å². The molecule has 1 saturated heterocycles. The minimum Gasteiger partial charge on any atom is -0.508 e. The number of aromatic nitrogens is 3. The van der Waals surface area contributed by atoms with Crippen molar-refractivity contribution in [2.45, 2.75) is 38.3 Å². The average molecular weight is 446 g/mol. The van der Waals surface area contributed by atoms with Gasteiger partial charge in [0.15, 0.2) is 0 Å². The van der Waals surface area contributed by atoms with Crippen LogP contribution in [0.4, 0.5) is 0 Å². The van der Waals surface area contributed by atoms with E-state index in [0.29, 0.717) is 25.2 Å². The van der Waals surface area contributed by atoms with Crippen LogP contribution in [-0.2, 0) is 19.5 Å². The molecule has 5 rings (SSSR count). The number of aromatic amines is 1. The third-order valence-electron chi connectivity index (χ3n) is 6.60. The fraction of sp³-hybridized carbons (Fsp3) is 0.360. The van der Waals surface area contributed by atoms with Gasteiger partial charge in [0.2, 0.25) is 0 Å². The highest BCUT2D eigenvalue weighted by Gasteiger charge is 2.28. The van der Waals surface area contributed by atoms with Gasteiger partial charge < -0.3 is 15.0 Å². The number of phenols is 1. The van der Waals surface area contributed by atoms with Crippen LogP contribution < -0.4 is 5.56 Å². The van der Waals surface area contributed by atoms with E-state index in [-0.39, 0.29) is 23.1 Å². The van der Waals surface area contributed by atoms with Gasteiger partial charge in [0, 0.05) is 63.0 Å². The number of benzene rings is 1. The fourth-order valence-corrected chi connectivity index (χ4v) is 4.72. The SMILES string of the molecule is O=C(c1ccncc1)N1CCC(c2nc3c(c(=O)[nH]2)CN(Cc2ccc(O)cc2)CC3)CC1. The van der Waals surface area contributed by atoms with Crippen LogP contribution >= 0.6 is 0 Å². The highest BCUT2D eigenvalue weighted by atomic mass is 16.3. The molecule has 170 valence electrons. The lowest BCUT2D eigenvalue weighted by molar-refractivity contribution is 0.0710. The molecule has 2 N–H and O–H groups in total. The first kappa shape index (κ1) is 21.3. The summed E-state index contributed by atoms with van der Waals surface area (Å²) in [5, 5.41) is 9.47. The van der Waals surface area contributed by atoms with Gasteiger partial charge in [-0.3, -0.25) is 19.5 Å². The van der Waals surface area contributed by atoms with Gasteiger partial charge in [0.05, 0.1) is 11.3 Å². The quantitative estimate of drug-likeness (QED) is 0.640. The molecule has 0 radical (unpaired) electrons. The number of hydrogen-bond donors (Lipinski definition) is 2. The monoisotopic (exact) mass is 445 g/mol.